The van der Waals surface area contributed by atoms with Gasteiger partial charge in [0, 0.05) is 19.1 Å². The maximum atomic E-state index is 11.6. The standard InChI is InChI=1S/C11H22N2O2/c1-5-9-8-13(7-6-12-9)15-10(14)11(2,3)4/h9,12H,5-8H2,1-4H3/t9-/m1/s1. The highest BCUT2D eigenvalue weighted by Crippen LogP contribution is 2.16. The van der Waals surface area contributed by atoms with Gasteiger partial charge in [0.1, 0.15) is 0 Å². The molecule has 1 aliphatic rings. The van der Waals surface area contributed by atoms with E-state index in [1.54, 1.807) is 5.06 Å². The van der Waals surface area contributed by atoms with Gasteiger partial charge in [0.25, 0.3) is 0 Å². The summed E-state index contributed by atoms with van der Waals surface area (Å²) in [6, 6.07) is 0.437. The molecule has 0 bridgehead atoms. The first-order valence-corrected chi connectivity index (χ1v) is 5.64. The summed E-state index contributed by atoms with van der Waals surface area (Å²) in [5.41, 5.74) is -0.424. The molecular weight excluding hydrogens is 192 g/mol. The average Bonchev–Trinajstić information content (AvgIpc) is 2.16. The lowest BCUT2D eigenvalue weighted by Gasteiger charge is -2.33. The third-order valence-corrected chi connectivity index (χ3v) is 2.54. The number of carbonyl (C=O) groups is 1. The normalized spacial score (nSPS) is 23.9. The number of hydrogen-bond acceptors (Lipinski definition) is 4. The van der Waals surface area contributed by atoms with Crippen LogP contribution in [0, 0.1) is 5.41 Å². The molecule has 4 nitrogen and oxygen atoms in total. The number of piperazine rings is 1. The molecule has 1 saturated heterocycles. The number of nitrogens with zero attached hydrogens (tertiary/aromatic N) is 1. The minimum absolute atomic E-state index is 0.153. The second-order valence-electron chi connectivity index (χ2n) is 5.08. The highest BCUT2D eigenvalue weighted by molar-refractivity contribution is 5.75. The van der Waals surface area contributed by atoms with Gasteiger partial charge in [-0.15, -0.1) is 5.06 Å². The molecule has 1 atom stereocenters. The summed E-state index contributed by atoms with van der Waals surface area (Å²) < 4.78 is 0. The largest absolute Gasteiger partial charge is 0.367 e. The van der Waals surface area contributed by atoms with Gasteiger partial charge in [-0.3, -0.25) is 0 Å². The van der Waals surface area contributed by atoms with Gasteiger partial charge in [0.05, 0.1) is 12.0 Å². The fourth-order valence-corrected chi connectivity index (χ4v) is 1.41. The third kappa shape index (κ3) is 3.80. The molecule has 0 amide bonds. The molecular formula is C11H22N2O2. The van der Waals surface area contributed by atoms with Crippen LogP contribution in [-0.4, -0.2) is 36.7 Å². The summed E-state index contributed by atoms with van der Waals surface area (Å²) in [5, 5.41) is 5.15. The van der Waals surface area contributed by atoms with Gasteiger partial charge < -0.3 is 10.2 Å². The van der Waals surface area contributed by atoms with Crippen LogP contribution in [0.4, 0.5) is 0 Å². The second kappa shape index (κ2) is 4.94. The molecule has 1 fully saturated rings. The van der Waals surface area contributed by atoms with E-state index in [4.69, 9.17) is 4.84 Å². The van der Waals surface area contributed by atoms with Gasteiger partial charge in [-0.2, -0.15) is 0 Å². The Morgan fingerprint density at radius 1 is 1.53 bits per heavy atom. The summed E-state index contributed by atoms with van der Waals surface area (Å²) in [6.45, 7) is 10.2. The Hall–Kier alpha value is -0.610. The molecule has 4 heteroatoms. The molecule has 88 valence electrons. The summed E-state index contributed by atoms with van der Waals surface area (Å²) in [7, 11) is 0. The quantitative estimate of drug-likeness (QED) is 0.749. The second-order valence-corrected chi connectivity index (χ2v) is 5.08. The molecule has 0 aromatic carbocycles. The van der Waals surface area contributed by atoms with Crippen molar-refractivity contribution in [1.82, 2.24) is 10.4 Å². The van der Waals surface area contributed by atoms with E-state index in [0.29, 0.717) is 6.04 Å². The van der Waals surface area contributed by atoms with Crippen LogP contribution in [-0.2, 0) is 9.63 Å². The number of hydrogen-bond donors (Lipinski definition) is 1. The third-order valence-electron chi connectivity index (χ3n) is 2.54. The van der Waals surface area contributed by atoms with E-state index in [1.807, 2.05) is 20.8 Å². The molecule has 0 saturated carbocycles. The number of carbonyl (C=O) groups excluding carboxylic acids is 1. The first-order valence-electron chi connectivity index (χ1n) is 5.64. The van der Waals surface area contributed by atoms with Crippen LogP contribution in [0.3, 0.4) is 0 Å². The molecule has 0 aliphatic carbocycles. The topological polar surface area (TPSA) is 41.6 Å². The van der Waals surface area contributed by atoms with Crippen molar-refractivity contribution in [3.63, 3.8) is 0 Å². The molecule has 1 aliphatic heterocycles. The summed E-state index contributed by atoms with van der Waals surface area (Å²) in [4.78, 5) is 17.0. The Morgan fingerprint density at radius 2 is 2.20 bits per heavy atom. The Labute approximate surface area is 91.9 Å². The van der Waals surface area contributed by atoms with Crippen LogP contribution >= 0.6 is 0 Å². The minimum atomic E-state index is -0.424. The number of hydroxylamine groups is 2. The van der Waals surface area contributed by atoms with Crippen molar-refractivity contribution in [1.29, 1.82) is 0 Å². The van der Waals surface area contributed by atoms with Gasteiger partial charge in [-0.05, 0) is 27.2 Å². The van der Waals surface area contributed by atoms with E-state index >= 15 is 0 Å². The zero-order valence-electron chi connectivity index (χ0n) is 10.2. The maximum absolute atomic E-state index is 11.6. The molecule has 0 unspecified atom stereocenters. The van der Waals surface area contributed by atoms with Crippen LogP contribution in [0.2, 0.25) is 0 Å². The van der Waals surface area contributed by atoms with Gasteiger partial charge in [-0.1, -0.05) is 6.92 Å². The Balaban J connectivity index is 2.41. The van der Waals surface area contributed by atoms with Crippen LogP contribution in [0.25, 0.3) is 0 Å². The van der Waals surface area contributed by atoms with Crippen molar-refractivity contribution in [3.05, 3.63) is 0 Å². The van der Waals surface area contributed by atoms with E-state index in [-0.39, 0.29) is 5.97 Å². The van der Waals surface area contributed by atoms with Crippen molar-refractivity contribution < 1.29 is 9.63 Å². The number of nitrogens with one attached hydrogen (secondary N) is 1. The Morgan fingerprint density at radius 3 is 2.73 bits per heavy atom. The summed E-state index contributed by atoms with van der Waals surface area (Å²) in [6.07, 6.45) is 1.06. The van der Waals surface area contributed by atoms with Crippen molar-refractivity contribution in [2.75, 3.05) is 19.6 Å². The van der Waals surface area contributed by atoms with Crippen molar-refractivity contribution in [2.24, 2.45) is 5.41 Å². The molecule has 0 spiro atoms. The van der Waals surface area contributed by atoms with Gasteiger partial charge in [-0.25, -0.2) is 4.79 Å². The lowest BCUT2D eigenvalue weighted by molar-refractivity contribution is -0.205. The van der Waals surface area contributed by atoms with E-state index in [9.17, 15) is 4.79 Å². The van der Waals surface area contributed by atoms with Crippen LogP contribution in [0.1, 0.15) is 34.1 Å². The van der Waals surface area contributed by atoms with Crippen LogP contribution in [0.5, 0.6) is 0 Å². The molecule has 1 N–H and O–H groups in total. The number of rotatable bonds is 2. The first kappa shape index (κ1) is 12.5. The Kier molecular flexibility index (Phi) is 4.11. The van der Waals surface area contributed by atoms with Gasteiger partial charge in [0.15, 0.2) is 0 Å². The summed E-state index contributed by atoms with van der Waals surface area (Å²) >= 11 is 0. The van der Waals surface area contributed by atoms with Crippen molar-refractivity contribution in [3.8, 4) is 0 Å². The maximum Gasteiger partial charge on any atom is 0.330 e. The predicted octanol–water partition coefficient (Wildman–Crippen LogP) is 1.17. The SMILES string of the molecule is CC[C@@H]1CN(OC(=O)C(C)(C)C)CCN1. The smallest absolute Gasteiger partial charge is 0.330 e. The highest BCUT2D eigenvalue weighted by atomic mass is 16.7. The molecule has 0 aromatic heterocycles. The zero-order valence-corrected chi connectivity index (χ0v) is 10.2. The molecule has 15 heavy (non-hydrogen) atoms. The van der Waals surface area contributed by atoms with Crippen LogP contribution in [0.15, 0.2) is 0 Å². The molecule has 0 aromatic rings. The predicted molar refractivity (Wildman–Crippen MR) is 59.2 cm³/mol. The highest BCUT2D eigenvalue weighted by Gasteiger charge is 2.28. The lowest BCUT2D eigenvalue weighted by Crippen LogP contribution is -2.51. The molecule has 1 heterocycles. The zero-order chi connectivity index (χ0) is 11.5. The van der Waals surface area contributed by atoms with Gasteiger partial charge in [0.2, 0.25) is 0 Å². The fraction of sp³-hybridized carbons (Fsp3) is 0.909. The fourth-order valence-electron chi connectivity index (χ4n) is 1.41. The molecule has 1 rings (SSSR count). The monoisotopic (exact) mass is 214 g/mol. The Bertz CT molecular complexity index is 223. The van der Waals surface area contributed by atoms with E-state index in [1.165, 1.54) is 0 Å². The van der Waals surface area contributed by atoms with E-state index < -0.39 is 5.41 Å². The van der Waals surface area contributed by atoms with Gasteiger partial charge >= 0.3 is 5.97 Å². The molecule has 0 radical (unpaired) electrons. The minimum Gasteiger partial charge on any atom is -0.367 e. The van der Waals surface area contributed by atoms with Crippen molar-refractivity contribution >= 4 is 5.97 Å². The van der Waals surface area contributed by atoms with E-state index in [0.717, 1.165) is 26.1 Å². The lowest BCUT2D eigenvalue weighted by atomic mass is 9.98. The van der Waals surface area contributed by atoms with E-state index in [2.05, 4.69) is 12.2 Å². The van der Waals surface area contributed by atoms with Crippen LogP contribution < -0.4 is 5.32 Å². The summed E-state index contributed by atoms with van der Waals surface area (Å²) in [5.74, 6) is -0.153. The average molecular weight is 214 g/mol. The van der Waals surface area contributed by atoms with Crippen molar-refractivity contribution in [2.45, 2.75) is 40.2 Å². The first-order chi connectivity index (χ1) is 6.93.